The van der Waals surface area contributed by atoms with E-state index in [1.54, 1.807) is 4.68 Å². The molecule has 0 N–H and O–H groups in total. The van der Waals surface area contributed by atoms with Gasteiger partial charge >= 0.3 is 0 Å². The number of aromatic nitrogens is 2. The molecular weight excluding hydrogens is 360 g/mol. The van der Waals surface area contributed by atoms with E-state index in [1.807, 2.05) is 39.1 Å². The van der Waals surface area contributed by atoms with E-state index in [4.69, 9.17) is 4.74 Å². The van der Waals surface area contributed by atoms with Crippen LogP contribution in [0.4, 0.5) is 0 Å². The molecule has 0 amide bonds. The first kappa shape index (κ1) is 13.6. The third-order valence-corrected chi connectivity index (χ3v) is 4.22. The summed E-state index contributed by atoms with van der Waals surface area (Å²) < 4.78 is 8.78. The zero-order valence-electron chi connectivity index (χ0n) is 10.5. The molecule has 0 aliphatic heterocycles. The molecule has 0 aliphatic carbocycles. The Morgan fingerprint density at radius 2 is 2.06 bits per heavy atom. The van der Waals surface area contributed by atoms with E-state index in [1.165, 1.54) is 0 Å². The van der Waals surface area contributed by atoms with E-state index in [9.17, 15) is 0 Å². The summed E-state index contributed by atoms with van der Waals surface area (Å²) in [5.41, 5.74) is 3.21. The van der Waals surface area contributed by atoms with Gasteiger partial charge in [-0.3, -0.25) is 0 Å². The Kier molecular flexibility index (Phi) is 4.12. The van der Waals surface area contributed by atoms with Crippen LogP contribution >= 0.6 is 31.9 Å². The molecule has 0 atom stereocenters. The molecular formula is C13H14Br2N2O. The van der Waals surface area contributed by atoms with Gasteiger partial charge in [0.05, 0.1) is 5.69 Å². The van der Waals surface area contributed by atoms with E-state index in [2.05, 4.69) is 37.0 Å². The van der Waals surface area contributed by atoms with Gasteiger partial charge in [0.15, 0.2) is 0 Å². The van der Waals surface area contributed by atoms with E-state index in [-0.39, 0.29) is 0 Å². The second kappa shape index (κ2) is 5.45. The van der Waals surface area contributed by atoms with Crippen molar-refractivity contribution < 1.29 is 4.74 Å². The van der Waals surface area contributed by atoms with E-state index in [0.29, 0.717) is 0 Å². The Morgan fingerprint density at radius 3 is 2.67 bits per heavy atom. The van der Waals surface area contributed by atoms with E-state index < -0.39 is 0 Å². The normalized spacial score (nSPS) is 10.7. The van der Waals surface area contributed by atoms with Crippen LogP contribution < -0.4 is 4.74 Å². The van der Waals surface area contributed by atoms with Gasteiger partial charge in [-0.1, -0.05) is 31.9 Å². The van der Waals surface area contributed by atoms with E-state index >= 15 is 0 Å². The van der Waals surface area contributed by atoms with Crippen LogP contribution in [0.15, 0.2) is 22.7 Å². The van der Waals surface area contributed by atoms with Crippen LogP contribution in [0.25, 0.3) is 0 Å². The highest BCUT2D eigenvalue weighted by molar-refractivity contribution is 9.10. The SMILES string of the molecule is Cc1cc(Oc2c(CBr)c(C)nn2C)ccc1Br. The average Bonchev–Trinajstić information content (AvgIpc) is 2.58. The fraction of sp³-hybridized carbons (Fsp3) is 0.308. The van der Waals surface area contributed by atoms with Crippen molar-refractivity contribution in [3.05, 3.63) is 39.5 Å². The van der Waals surface area contributed by atoms with Gasteiger partial charge in [0.25, 0.3) is 0 Å². The molecule has 1 aromatic heterocycles. The van der Waals surface area contributed by atoms with Gasteiger partial charge in [0.2, 0.25) is 5.88 Å². The lowest BCUT2D eigenvalue weighted by Gasteiger charge is -2.09. The topological polar surface area (TPSA) is 27.1 Å². The predicted octanol–water partition coefficient (Wildman–Crippen LogP) is 4.49. The van der Waals surface area contributed by atoms with Crippen LogP contribution in [0.5, 0.6) is 11.6 Å². The molecule has 0 radical (unpaired) electrons. The van der Waals surface area contributed by atoms with Gasteiger partial charge < -0.3 is 4.74 Å². The molecule has 3 nitrogen and oxygen atoms in total. The second-order valence-corrected chi connectivity index (χ2v) is 5.55. The highest BCUT2D eigenvalue weighted by Gasteiger charge is 2.14. The molecule has 0 unspecified atom stereocenters. The zero-order chi connectivity index (χ0) is 13.3. The van der Waals surface area contributed by atoms with Crippen molar-refractivity contribution in [1.29, 1.82) is 0 Å². The first-order chi connectivity index (χ1) is 8.52. The summed E-state index contributed by atoms with van der Waals surface area (Å²) >= 11 is 6.95. The van der Waals surface area contributed by atoms with Gasteiger partial charge in [-0.05, 0) is 37.6 Å². The van der Waals surface area contributed by atoms with Crippen molar-refractivity contribution in [2.45, 2.75) is 19.2 Å². The fourth-order valence-electron chi connectivity index (χ4n) is 1.75. The van der Waals surface area contributed by atoms with Gasteiger partial charge in [0.1, 0.15) is 5.75 Å². The number of ether oxygens (including phenoxy) is 1. The Labute approximate surface area is 123 Å². The van der Waals surface area contributed by atoms with Crippen LogP contribution in [0.1, 0.15) is 16.8 Å². The Morgan fingerprint density at radius 1 is 1.33 bits per heavy atom. The van der Waals surface area contributed by atoms with Crippen molar-refractivity contribution in [3.8, 4) is 11.6 Å². The van der Waals surface area contributed by atoms with Crippen molar-refractivity contribution in [2.75, 3.05) is 0 Å². The van der Waals surface area contributed by atoms with Crippen LogP contribution in [0.3, 0.4) is 0 Å². The lowest BCUT2D eigenvalue weighted by molar-refractivity contribution is 0.427. The van der Waals surface area contributed by atoms with Gasteiger partial charge in [0, 0.05) is 22.4 Å². The van der Waals surface area contributed by atoms with Gasteiger partial charge in [-0.15, -0.1) is 0 Å². The minimum absolute atomic E-state index is 0.734. The summed E-state index contributed by atoms with van der Waals surface area (Å²) in [7, 11) is 1.89. The Hall–Kier alpha value is -0.810. The molecule has 0 bridgehead atoms. The molecule has 0 saturated heterocycles. The summed E-state index contributed by atoms with van der Waals surface area (Å²) in [4.78, 5) is 0. The molecule has 2 rings (SSSR count). The molecule has 96 valence electrons. The minimum Gasteiger partial charge on any atom is -0.439 e. The third-order valence-electron chi connectivity index (χ3n) is 2.77. The van der Waals surface area contributed by atoms with Gasteiger partial charge in [-0.2, -0.15) is 5.10 Å². The Balaban J connectivity index is 2.36. The molecule has 5 heteroatoms. The molecule has 2 aromatic rings. The average molecular weight is 374 g/mol. The molecule has 0 fully saturated rings. The highest BCUT2D eigenvalue weighted by atomic mass is 79.9. The predicted molar refractivity (Wildman–Crippen MR) is 79.5 cm³/mol. The lowest BCUT2D eigenvalue weighted by Crippen LogP contribution is -1.96. The maximum atomic E-state index is 5.94. The lowest BCUT2D eigenvalue weighted by atomic mass is 10.2. The first-order valence-electron chi connectivity index (χ1n) is 5.55. The monoisotopic (exact) mass is 372 g/mol. The largest absolute Gasteiger partial charge is 0.439 e. The zero-order valence-corrected chi connectivity index (χ0v) is 13.7. The third kappa shape index (κ3) is 2.62. The van der Waals surface area contributed by atoms with Crippen LogP contribution in [0, 0.1) is 13.8 Å². The number of halogens is 2. The van der Waals surface area contributed by atoms with Crippen LogP contribution in [-0.4, -0.2) is 9.78 Å². The summed E-state index contributed by atoms with van der Waals surface area (Å²) in [5, 5.41) is 5.10. The van der Waals surface area contributed by atoms with E-state index in [0.717, 1.165) is 38.3 Å². The van der Waals surface area contributed by atoms with Crippen molar-refractivity contribution in [2.24, 2.45) is 7.05 Å². The number of benzene rings is 1. The summed E-state index contributed by atoms with van der Waals surface area (Å²) in [6.07, 6.45) is 0. The molecule has 18 heavy (non-hydrogen) atoms. The number of nitrogens with zero attached hydrogens (tertiary/aromatic N) is 2. The molecule has 1 heterocycles. The van der Waals surface area contributed by atoms with Crippen molar-refractivity contribution >= 4 is 31.9 Å². The summed E-state index contributed by atoms with van der Waals surface area (Å²) in [6, 6.07) is 5.93. The highest BCUT2D eigenvalue weighted by Crippen LogP contribution is 2.30. The number of hydrogen-bond donors (Lipinski definition) is 0. The van der Waals surface area contributed by atoms with Crippen LogP contribution in [-0.2, 0) is 12.4 Å². The maximum Gasteiger partial charge on any atom is 0.221 e. The second-order valence-electron chi connectivity index (χ2n) is 4.14. The number of rotatable bonds is 3. The number of aryl methyl sites for hydroxylation is 3. The van der Waals surface area contributed by atoms with Crippen molar-refractivity contribution in [1.82, 2.24) is 9.78 Å². The Bertz CT molecular complexity index is 579. The smallest absolute Gasteiger partial charge is 0.221 e. The maximum absolute atomic E-state index is 5.94. The molecule has 0 spiro atoms. The fourth-order valence-corrected chi connectivity index (χ4v) is 2.65. The summed E-state index contributed by atoms with van der Waals surface area (Å²) in [6.45, 7) is 4.02. The minimum atomic E-state index is 0.734. The molecule has 1 aromatic carbocycles. The standard InChI is InChI=1S/C13H14Br2N2O/c1-8-6-10(4-5-12(8)15)18-13-11(7-14)9(2)16-17(13)3/h4-6H,7H2,1-3H3. The summed E-state index contributed by atoms with van der Waals surface area (Å²) in [5.74, 6) is 1.60. The number of alkyl halides is 1. The number of hydrogen-bond acceptors (Lipinski definition) is 2. The molecule has 0 aliphatic rings. The first-order valence-corrected chi connectivity index (χ1v) is 7.46. The van der Waals surface area contributed by atoms with Crippen molar-refractivity contribution in [3.63, 3.8) is 0 Å². The van der Waals surface area contributed by atoms with Gasteiger partial charge in [-0.25, -0.2) is 4.68 Å². The molecule has 0 saturated carbocycles. The quantitative estimate of drug-likeness (QED) is 0.741. The van der Waals surface area contributed by atoms with Crippen LogP contribution in [0.2, 0.25) is 0 Å².